The molecule has 0 heterocycles. The number of amides is 1. The molecule has 0 radical (unpaired) electrons. The van der Waals surface area contributed by atoms with Gasteiger partial charge < -0.3 is 11.1 Å². The van der Waals surface area contributed by atoms with Crippen LogP contribution in [0.3, 0.4) is 0 Å². The molecule has 152 valence electrons. The van der Waals surface area contributed by atoms with Crippen molar-refractivity contribution in [3.8, 4) is 0 Å². The number of carbonyl (C=O) groups is 2. The number of hydrogen-bond donors (Lipinski definition) is 4. The van der Waals surface area contributed by atoms with Crippen LogP contribution in [0, 0.1) is 11.3 Å². The Kier molecular flexibility index (Phi) is 6.41. The first-order chi connectivity index (χ1) is 13.9. The van der Waals surface area contributed by atoms with Gasteiger partial charge in [-0.1, -0.05) is 19.1 Å². The van der Waals surface area contributed by atoms with E-state index in [2.05, 4.69) is 10.2 Å². The molecular weight excluding hydrogens is 370 g/mol. The van der Waals surface area contributed by atoms with Gasteiger partial charge in [0.1, 0.15) is 5.84 Å². The number of rotatable bonds is 7. The van der Waals surface area contributed by atoms with E-state index < -0.39 is 0 Å². The molecule has 1 aliphatic rings. The summed E-state index contributed by atoms with van der Waals surface area (Å²) in [5.41, 5.74) is 8.64. The lowest BCUT2D eigenvalue weighted by molar-refractivity contribution is -0.281. The first-order valence-corrected chi connectivity index (χ1v) is 9.66. The Morgan fingerprint density at radius 1 is 1.28 bits per heavy atom. The fraction of sp³-hybridized carbons (Fsp3) is 0.318. The molecule has 0 saturated heterocycles. The van der Waals surface area contributed by atoms with Crippen LogP contribution in [0.1, 0.15) is 58.0 Å². The second kappa shape index (κ2) is 8.98. The van der Waals surface area contributed by atoms with Crippen LogP contribution in [-0.2, 0) is 11.3 Å². The van der Waals surface area contributed by atoms with Gasteiger partial charge in [0, 0.05) is 28.3 Å². The van der Waals surface area contributed by atoms with E-state index in [0.717, 1.165) is 12.0 Å². The van der Waals surface area contributed by atoms with Crippen molar-refractivity contribution in [1.29, 1.82) is 5.41 Å². The number of ketones is 1. The molecule has 2 aromatic carbocycles. The minimum atomic E-state index is -0.335. The molecule has 2 aromatic rings. The van der Waals surface area contributed by atoms with E-state index in [1.54, 1.807) is 36.4 Å². The lowest BCUT2D eigenvalue weighted by Gasteiger charge is -2.26. The summed E-state index contributed by atoms with van der Waals surface area (Å²) in [6.45, 7) is 1.91. The summed E-state index contributed by atoms with van der Waals surface area (Å²) in [5, 5.41) is 19.2. The third-order valence-corrected chi connectivity index (χ3v) is 5.37. The highest BCUT2D eigenvalue weighted by Gasteiger charge is 2.29. The first kappa shape index (κ1) is 20.7. The van der Waals surface area contributed by atoms with Crippen molar-refractivity contribution >= 4 is 23.2 Å². The van der Waals surface area contributed by atoms with Crippen LogP contribution in [0.4, 0.5) is 5.69 Å². The molecule has 29 heavy (non-hydrogen) atoms. The van der Waals surface area contributed by atoms with Crippen LogP contribution in [0.2, 0.25) is 0 Å². The van der Waals surface area contributed by atoms with Gasteiger partial charge in [0.2, 0.25) is 0 Å². The highest BCUT2D eigenvalue weighted by molar-refractivity contribution is 6.06. The van der Waals surface area contributed by atoms with Crippen molar-refractivity contribution < 1.29 is 19.7 Å². The fourth-order valence-corrected chi connectivity index (χ4v) is 3.63. The molecule has 0 spiro atoms. The monoisotopic (exact) mass is 395 g/mol. The van der Waals surface area contributed by atoms with Crippen LogP contribution in [0.5, 0.6) is 0 Å². The van der Waals surface area contributed by atoms with E-state index in [1.165, 1.54) is 0 Å². The molecule has 1 aliphatic carbocycles. The van der Waals surface area contributed by atoms with Gasteiger partial charge in [0.25, 0.3) is 5.91 Å². The van der Waals surface area contributed by atoms with E-state index in [0.29, 0.717) is 41.6 Å². The Hall–Kier alpha value is -3.03. The van der Waals surface area contributed by atoms with Gasteiger partial charge in [-0.15, -0.1) is 0 Å². The molecule has 0 bridgehead atoms. The van der Waals surface area contributed by atoms with Crippen LogP contribution >= 0.6 is 0 Å². The van der Waals surface area contributed by atoms with Gasteiger partial charge in [0.15, 0.2) is 5.78 Å². The van der Waals surface area contributed by atoms with E-state index in [4.69, 9.17) is 16.4 Å². The number of anilines is 1. The molecule has 3 rings (SSSR count). The van der Waals surface area contributed by atoms with Gasteiger partial charge in [-0.05, 0) is 61.6 Å². The SMILES string of the molecule is CCC(CC1CCc2cc(NC(=O)c3ccc(C(=N)N)cc3)ccc2C1=O)OO. The number of aryl methyl sites for hydroxylation is 1. The van der Waals surface area contributed by atoms with Crippen molar-refractivity contribution in [1.82, 2.24) is 0 Å². The predicted octanol–water partition coefficient (Wildman–Crippen LogP) is 3.63. The van der Waals surface area contributed by atoms with E-state index >= 15 is 0 Å². The normalized spacial score (nSPS) is 16.8. The Labute approximate surface area is 169 Å². The minimum absolute atomic E-state index is 0.0505. The van der Waals surface area contributed by atoms with Gasteiger partial charge in [-0.3, -0.25) is 20.3 Å². The third-order valence-electron chi connectivity index (χ3n) is 5.37. The summed E-state index contributed by atoms with van der Waals surface area (Å²) in [6.07, 6.45) is 2.23. The summed E-state index contributed by atoms with van der Waals surface area (Å²) >= 11 is 0. The Morgan fingerprint density at radius 2 is 1.97 bits per heavy atom. The number of benzene rings is 2. The van der Waals surface area contributed by atoms with Crippen molar-refractivity contribution in [3.05, 3.63) is 64.7 Å². The van der Waals surface area contributed by atoms with Gasteiger partial charge in [0.05, 0.1) is 6.10 Å². The van der Waals surface area contributed by atoms with E-state index in [-0.39, 0.29) is 29.5 Å². The van der Waals surface area contributed by atoms with Crippen LogP contribution in [-0.4, -0.2) is 28.9 Å². The zero-order chi connectivity index (χ0) is 21.0. The summed E-state index contributed by atoms with van der Waals surface area (Å²) in [7, 11) is 0. The van der Waals surface area contributed by atoms with E-state index in [9.17, 15) is 9.59 Å². The number of nitrogens with two attached hydrogens (primary N) is 1. The average molecular weight is 395 g/mol. The Balaban J connectivity index is 1.70. The maximum Gasteiger partial charge on any atom is 0.255 e. The molecule has 1 amide bonds. The molecule has 7 nitrogen and oxygen atoms in total. The van der Waals surface area contributed by atoms with Gasteiger partial charge in [-0.2, -0.15) is 0 Å². The maximum atomic E-state index is 12.8. The molecule has 0 aliphatic heterocycles. The number of nitrogens with one attached hydrogen (secondary N) is 2. The molecule has 2 atom stereocenters. The third kappa shape index (κ3) is 4.70. The molecular formula is C22H25N3O4. The summed E-state index contributed by atoms with van der Waals surface area (Å²) in [5.74, 6) is -0.435. The number of carbonyl (C=O) groups excluding carboxylic acids is 2. The summed E-state index contributed by atoms with van der Waals surface area (Å²) in [6, 6.07) is 11.8. The zero-order valence-corrected chi connectivity index (χ0v) is 16.3. The standard InChI is InChI=1S/C22H25N3O4/c1-2-18(29-28)12-16-8-7-15-11-17(9-10-19(15)20(16)26)25-22(27)14-5-3-13(4-6-14)21(23)24/h3-6,9-11,16,18,28H,2,7-8,12H2,1H3,(H3,23,24)(H,25,27). The van der Waals surface area contributed by atoms with Gasteiger partial charge in [-0.25, -0.2) is 4.89 Å². The van der Waals surface area contributed by atoms with E-state index in [1.807, 2.05) is 13.0 Å². The molecule has 0 saturated carbocycles. The highest BCUT2D eigenvalue weighted by Crippen LogP contribution is 2.31. The van der Waals surface area contributed by atoms with Crippen molar-refractivity contribution in [3.63, 3.8) is 0 Å². The fourth-order valence-electron chi connectivity index (χ4n) is 3.63. The molecule has 2 unspecified atom stereocenters. The number of fused-ring (bicyclic) bond motifs is 1. The average Bonchev–Trinajstić information content (AvgIpc) is 2.73. The zero-order valence-electron chi connectivity index (χ0n) is 16.3. The second-order valence-electron chi connectivity index (χ2n) is 7.29. The van der Waals surface area contributed by atoms with Crippen LogP contribution in [0.25, 0.3) is 0 Å². The van der Waals surface area contributed by atoms with Gasteiger partial charge >= 0.3 is 0 Å². The molecule has 0 aromatic heterocycles. The summed E-state index contributed by atoms with van der Waals surface area (Å²) in [4.78, 5) is 29.7. The smallest absolute Gasteiger partial charge is 0.255 e. The van der Waals surface area contributed by atoms with Crippen molar-refractivity contribution in [2.45, 2.75) is 38.7 Å². The minimum Gasteiger partial charge on any atom is -0.384 e. The number of Topliss-reactive ketones (excluding diaryl/α,β-unsaturated/α-hetero) is 1. The van der Waals surface area contributed by atoms with Crippen molar-refractivity contribution in [2.75, 3.05) is 5.32 Å². The highest BCUT2D eigenvalue weighted by atomic mass is 17.1. The number of amidine groups is 1. The topological polar surface area (TPSA) is 126 Å². The lowest BCUT2D eigenvalue weighted by atomic mass is 9.79. The Bertz CT molecular complexity index is 920. The number of hydrogen-bond acceptors (Lipinski definition) is 5. The Morgan fingerprint density at radius 3 is 2.59 bits per heavy atom. The largest absolute Gasteiger partial charge is 0.384 e. The number of nitrogen functional groups attached to an aromatic ring is 1. The molecule has 5 N–H and O–H groups in total. The molecule has 7 heteroatoms. The summed E-state index contributed by atoms with van der Waals surface area (Å²) < 4.78 is 0. The quantitative estimate of drug-likeness (QED) is 0.246. The first-order valence-electron chi connectivity index (χ1n) is 9.66. The van der Waals surface area contributed by atoms with Crippen molar-refractivity contribution in [2.24, 2.45) is 11.7 Å². The van der Waals surface area contributed by atoms with Crippen LogP contribution < -0.4 is 11.1 Å². The second-order valence-corrected chi connectivity index (χ2v) is 7.29. The van der Waals surface area contributed by atoms with Crippen LogP contribution in [0.15, 0.2) is 42.5 Å². The predicted molar refractivity (Wildman–Crippen MR) is 110 cm³/mol. The molecule has 0 fully saturated rings. The maximum absolute atomic E-state index is 12.8. The lowest BCUT2D eigenvalue weighted by Crippen LogP contribution is -2.27.